The highest BCUT2D eigenvalue weighted by atomic mass is 16.4. The van der Waals surface area contributed by atoms with Crippen LogP contribution in [0.4, 0.5) is 16.2 Å². The number of amides is 2. The Bertz CT molecular complexity index is 835. The van der Waals surface area contributed by atoms with Crippen molar-refractivity contribution in [3.05, 3.63) is 59.2 Å². The molecule has 2 aromatic rings. The Labute approximate surface area is 136 Å². The number of nitrogens with one attached hydrogen (secondary N) is 2. The van der Waals surface area contributed by atoms with E-state index in [0.29, 0.717) is 11.3 Å². The van der Waals surface area contributed by atoms with E-state index in [2.05, 4.69) is 16.6 Å². The average molecular weight is 324 g/mol. The van der Waals surface area contributed by atoms with Crippen LogP contribution in [0.2, 0.25) is 0 Å². The van der Waals surface area contributed by atoms with Crippen LogP contribution in [0.5, 0.6) is 0 Å². The minimum Gasteiger partial charge on any atom is -0.478 e. The molecule has 24 heavy (non-hydrogen) atoms. The van der Waals surface area contributed by atoms with Crippen molar-refractivity contribution in [2.75, 3.05) is 10.6 Å². The normalized spacial score (nSPS) is 9.62. The van der Waals surface area contributed by atoms with E-state index in [-0.39, 0.29) is 16.8 Å². The third kappa shape index (κ3) is 3.90. The molecule has 0 aromatic heterocycles. The van der Waals surface area contributed by atoms with Crippen LogP contribution in [0, 0.1) is 12.3 Å². The molecule has 0 atom stereocenters. The molecule has 2 amide bonds. The number of benzene rings is 2. The van der Waals surface area contributed by atoms with Crippen LogP contribution >= 0.6 is 0 Å². The number of carbonyl (C=O) groups excluding carboxylic acids is 1. The van der Waals surface area contributed by atoms with E-state index >= 15 is 0 Å². The molecule has 0 aliphatic rings. The number of carbonyl (C=O) groups is 3. The molecule has 2 aromatic carbocycles. The van der Waals surface area contributed by atoms with Gasteiger partial charge in [0.1, 0.15) is 0 Å². The Hall–Kier alpha value is -3.79. The molecule has 7 nitrogen and oxygen atoms in total. The second kappa shape index (κ2) is 6.98. The highest BCUT2D eigenvalue weighted by Crippen LogP contribution is 2.17. The van der Waals surface area contributed by atoms with Crippen LogP contribution < -0.4 is 10.6 Å². The Morgan fingerprint density at radius 2 is 1.50 bits per heavy atom. The molecule has 120 valence electrons. The van der Waals surface area contributed by atoms with Crippen molar-refractivity contribution in [1.29, 1.82) is 0 Å². The van der Waals surface area contributed by atoms with E-state index in [4.69, 9.17) is 16.6 Å². The fraction of sp³-hybridized carbons (Fsp3) is 0. The number of aromatic carboxylic acids is 2. The van der Waals surface area contributed by atoms with Gasteiger partial charge >= 0.3 is 18.0 Å². The Morgan fingerprint density at radius 1 is 0.917 bits per heavy atom. The molecule has 0 saturated carbocycles. The maximum Gasteiger partial charge on any atom is 0.335 e. The van der Waals surface area contributed by atoms with E-state index in [1.807, 2.05) is 0 Å². The lowest BCUT2D eigenvalue weighted by Gasteiger charge is -2.10. The molecule has 2 rings (SSSR count). The van der Waals surface area contributed by atoms with Gasteiger partial charge in [-0.05, 0) is 30.3 Å². The summed E-state index contributed by atoms with van der Waals surface area (Å²) < 4.78 is 0. The van der Waals surface area contributed by atoms with Gasteiger partial charge in [-0.2, -0.15) is 0 Å². The zero-order valence-corrected chi connectivity index (χ0v) is 12.2. The van der Waals surface area contributed by atoms with Gasteiger partial charge in [0.05, 0.1) is 16.8 Å². The molecule has 4 N–H and O–H groups in total. The summed E-state index contributed by atoms with van der Waals surface area (Å²) in [6, 6.07) is 9.27. The molecule has 0 bridgehead atoms. The van der Waals surface area contributed by atoms with Gasteiger partial charge in [-0.25, -0.2) is 14.4 Å². The standard InChI is InChI=1S/C17H12N2O5/c1-2-10-5-3-4-6-14(10)19-17(24)18-13-8-11(15(20)21)7-12(9-13)16(22)23/h1,3-9H,(H,20,21)(H,22,23)(H2,18,19,24). The van der Waals surface area contributed by atoms with Gasteiger partial charge in [-0.3, -0.25) is 0 Å². The maximum absolute atomic E-state index is 12.0. The highest BCUT2D eigenvalue weighted by molar-refractivity contribution is 6.03. The van der Waals surface area contributed by atoms with Gasteiger partial charge in [0.2, 0.25) is 0 Å². The SMILES string of the molecule is C#Cc1ccccc1NC(=O)Nc1cc(C(=O)O)cc(C(=O)O)c1. The summed E-state index contributed by atoms with van der Waals surface area (Å²) in [7, 11) is 0. The quantitative estimate of drug-likeness (QED) is 0.645. The number of hydrogen-bond donors (Lipinski definition) is 4. The summed E-state index contributed by atoms with van der Waals surface area (Å²) in [6.07, 6.45) is 5.33. The topological polar surface area (TPSA) is 116 Å². The summed E-state index contributed by atoms with van der Waals surface area (Å²) in [6.45, 7) is 0. The molecular formula is C17H12N2O5. The first-order chi connectivity index (χ1) is 11.4. The molecule has 7 heteroatoms. The van der Waals surface area contributed by atoms with E-state index in [1.165, 1.54) is 0 Å². The van der Waals surface area contributed by atoms with Crippen LogP contribution in [0.15, 0.2) is 42.5 Å². The second-order valence-electron chi connectivity index (χ2n) is 4.68. The summed E-state index contributed by atoms with van der Waals surface area (Å²) in [4.78, 5) is 34.1. The van der Waals surface area contributed by atoms with E-state index in [0.717, 1.165) is 18.2 Å². The largest absolute Gasteiger partial charge is 0.478 e. The zero-order valence-electron chi connectivity index (χ0n) is 12.2. The number of terminal acetylenes is 1. The third-order valence-electron chi connectivity index (χ3n) is 3.02. The van der Waals surface area contributed by atoms with Crippen LogP contribution in [0.25, 0.3) is 0 Å². The van der Waals surface area contributed by atoms with Crippen molar-refractivity contribution in [1.82, 2.24) is 0 Å². The minimum absolute atomic E-state index is 0.0305. The van der Waals surface area contributed by atoms with Crippen LogP contribution in [0.3, 0.4) is 0 Å². The summed E-state index contributed by atoms with van der Waals surface area (Å²) >= 11 is 0. The van der Waals surface area contributed by atoms with Gasteiger partial charge < -0.3 is 20.8 Å². The van der Waals surface area contributed by atoms with Gasteiger partial charge in [0, 0.05) is 11.3 Å². The van der Waals surface area contributed by atoms with Crippen molar-refractivity contribution in [3.8, 4) is 12.3 Å². The van der Waals surface area contributed by atoms with Gasteiger partial charge in [-0.15, -0.1) is 6.42 Å². The number of hydrogen-bond acceptors (Lipinski definition) is 3. The Morgan fingerprint density at radius 3 is 2.04 bits per heavy atom. The highest BCUT2D eigenvalue weighted by Gasteiger charge is 2.13. The van der Waals surface area contributed by atoms with Gasteiger partial charge in [0.25, 0.3) is 0 Å². The van der Waals surface area contributed by atoms with Crippen molar-refractivity contribution in [3.63, 3.8) is 0 Å². The van der Waals surface area contributed by atoms with Crippen LogP contribution in [0.1, 0.15) is 26.3 Å². The number of carboxylic acids is 2. The lowest BCUT2D eigenvalue weighted by atomic mass is 10.1. The van der Waals surface area contributed by atoms with Gasteiger partial charge in [0.15, 0.2) is 0 Å². The first-order valence-electron chi connectivity index (χ1n) is 6.66. The van der Waals surface area contributed by atoms with E-state index in [9.17, 15) is 14.4 Å². The average Bonchev–Trinajstić information content (AvgIpc) is 2.54. The van der Waals surface area contributed by atoms with Crippen molar-refractivity contribution in [2.24, 2.45) is 0 Å². The third-order valence-corrected chi connectivity index (χ3v) is 3.02. The second-order valence-corrected chi connectivity index (χ2v) is 4.68. The van der Waals surface area contributed by atoms with Crippen LogP contribution in [-0.2, 0) is 0 Å². The van der Waals surface area contributed by atoms with Crippen molar-refractivity contribution < 1.29 is 24.6 Å². The number of urea groups is 1. The molecule has 0 saturated heterocycles. The molecule has 0 spiro atoms. The summed E-state index contributed by atoms with van der Waals surface area (Å²) in [5, 5.41) is 22.9. The fourth-order valence-corrected chi connectivity index (χ4v) is 1.95. The molecule has 0 aliphatic heterocycles. The fourth-order valence-electron chi connectivity index (χ4n) is 1.95. The number of para-hydroxylation sites is 1. The molecule has 0 heterocycles. The minimum atomic E-state index is -1.31. The molecule has 0 aliphatic carbocycles. The van der Waals surface area contributed by atoms with E-state index in [1.54, 1.807) is 24.3 Å². The number of anilines is 2. The zero-order chi connectivity index (χ0) is 17.7. The first-order valence-corrected chi connectivity index (χ1v) is 6.66. The predicted octanol–water partition coefficient (Wildman–Crippen LogP) is 2.71. The first kappa shape index (κ1) is 16.6. The predicted molar refractivity (Wildman–Crippen MR) is 87.4 cm³/mol. The van der Waals surface area contributed by atoms with Gasteiger partial charge in [-0.1, -0.05) is 18.1 Å². The van der Waals surface area contributed by atoms with E-state index < -0.39 is 18.0 Å². The van der Waals surface area contributed by atoms with Crippen molar-refractivity contribution >= 4 is 29.3 Å². The van der Waals surface area contributed by atoms with Crippen molar-refractivity contribution in [2.45, 2.75) is 0 Å². The smallest absolute Gasteiger partial charge is 0.335 e. The molecule has 0 unspecified atom stereocenters. The molecule has 0 radical (unpaired) electrons. The monoisotopic (exact) mass is 324 g/mol. The molecule has 0 fully saturated rings. The lowest BCUT2D eigenvalue weighted by molar-refractivity contribution is 0.0696. The maximum atomic E-state index is 12.0. The summed E-state index contributed by atoms with van der Waals surface area (Å²) in [5.74, 6) is -0.198. The Balaban J connectivity index is 2.24. The lowest BCUT2D eigenvalue weighted by Crippen LogP contribution is -2.20. The number of rotatable bonds is 4. The number of carboxylic acid groups (broad SMARTS) is 2. The summed E-state index contributed by atoms with van der Waals surface area (Å²) in [5.41, 5.74) is 0.384. The molecular weight excluding hydrogens is 312 g/mol. The Kier molecular flexibility index (Phi) is 4.82. The van der Waals surface area contributed by atoms with Crippen LogP contribution in [-0.4, -0.2) is 28.2 Å².